The van der Waals surface area contributed by atoms with Crippen LogP contribution in [0.1, 0.15) is 18.5 Å². The number of nitrogens with one attached hydrogen (secondary N) is 2. The lowest BCUT2D eigenvalue weighted by molar-refractivity contribution is 0.607. The topological polar surface area (TPSA) is 71.1 Å². The van der Waals surface area contributed by atoms with Crippen molar-refractivity contribution in [2.24, 2.45) is 0 Å². The summed E-state index contributed by atoms with van der Waals surface area (Å²) < 4.78 is 24.7. The molecule has 1 aromatic carbocycles. The van der Waals surface area contributed by atoms with E-state index in [1.807, 2.05) is 37.4 Å². The average molecular weight is 291 g/mol. The minimum Gasteiger partial charge on any atom is -0.378 e. The van der Waals surface area contributed by atoms with Gasteiger partial charge in [0.05, 0.1) is 12.3 Å². The highest BCUT2D eigenvalue weighted by Gasteiger charge is 2.06. The van der Waals surface area contributed by atoms with Gasteiger partial charge in [-0.25, -0.2) is 8.42 Å². The summed E-state index contributed by atoms with van der Waals surface area (Å²) in [4.78, 5) is 4.09. The van der Waals surface area contributed by atoms with Gasteiger partial charge in [-0.3, -0.25) is 9.71 Å². The molecule has 1 unspecified atom stereocenters. The van der Waals surface area contributed by atoms with E-state index in [9.17, 15) is 8.42 Å². The molecule has 0 saturated carbocycles. The quantitative estimate of drug-likeness (QED) is 0.888. The second-order valence-corrected chi connectivity index (χ2v) is 6.35. The van der Waals surface area contributed by atoms with Crippen LogP contribution in [-0.2, 0) is 10.0 Å². The summed E-state index contributed by atoms with van der Waals surface area (Å²) >= 11 is 0. The normalized spacial score (nSPS) is 12.7. The van der Waals surface area contributed by atoms with Crippen molar-refractivity contribution in [2.75, 3.05) is 16.3 Å². The van der Waals surface area contributed by atoms with E-state index < -0.39 is 10.0 Å². The van der Waals surface area contributed by atoms with Crippen LogP contribution in [-0.4, -0.2) is 19.7 Å². The van der Waals surface area contributed by atoms with Gasteiger partial charge in [0.1, 0.15) is 0 Å². The Hall–Kier alpha value is -2.08. The maximum Gasteiger partial charge on any atom is 0.229 e. The highest BCUT2D eigenvalue weighted by molar-refractivity contribution is 7.92. The van der Waals surface area contributed by atoms with Crippen molar-refractivity contribution in [2.45, 2.75) is 13.0 Å². The molecule has 6 heteroatoms. The Labute approximate surface area is 119 Å². The molecule has 0 radical (unpaired) electrons. The van der Waals surface area contributed by atoms with Crippen LogP contribution < -0.4 is 10.0 Å². The lowest BCUT2D eigenvalue weighted by Gasteiger charge is -2.15. The Kier molecular flexibility index (Phi) is 4.24. The van der Waals surface area contributed by atoms with Crippen molar-refractivity contribution >= 4 is 21.4 Å². The molecule has 1 atom stereocenters. The zero-order valence-corrected chi connectivity index (χ0v) is 12.2. The molecular formula is C14H17N3O2S. The molecule has 0 aliphatic heterocycles. The molecule has 0 fully saturated rings. The predicted octanol–water partition coefficient (Wildman–Crippen LogP) is 2.63. The summed E-state index contributed by atoms with van der Waals surface area (Å²) in [6.07, 6.45) is 4.68. The Morgan fingerprint density at radius 2 is 1.75 bits per heavy atom. The van der Waals surface area contributed by atoms with Crippen molar-refractivity contribution in [3.8, 4) is 0 Å². The second-order valence-electron chi connectivity index (χ2n) is 4.60. The van der Waals surface area contributed by atoms with E-state index in [4.69, 9.17) is 0 Å². The third kappa shape index (κ3) is 4.24. The lowest BCUT2D eigenvalue weighted by atomic mass is 10.1. The van der Waals surface area contributed by atoms with Gasteiger partial charge in [0.25, 0.3) is 0 Å². The molecule has 0 aliphatic rings. The van der Waals surface area contributed by atoms with Crippen molar-refractivity contribution in [3.05, 3.63) is 54.4 Å². The Morgan fingerprint density at radius 1 is 1.10 bits per heavy atom. The van der Waals surface area contributed by atoms with Crippen LogP contribution in [0.3, 0.4) is 0 Å². The van der Waals surface area contributed by atoms with Crippen molar-refractivity contribution in [1.82, 2.24) is 4.98 Å². The highest BCUT2D eigenvalue weighted by atomic mass is 32.2. The van der Waals surface area contributed by atoms with Crippen molar-refractivity contribution in [3.63, 3.8) is 0 Å². The van der Waals surface area contributed by atoms with E-state index in [1.54, 1.807) is 18.3 Å². The molecule has 2 aromatic rings. The molecule has 2 N–H and O–H groups in total. The number of pyridine rings is 1. The molecular weight excluding hydrogens is 274 g/mol. The van der Waals surface area contributed by atoms with Crippen molar-refractivity contribution in [1.29, 1.82) is 0 Å². The maximum absolute atomic E-state index is 11.1. The van der Waals surface area contributed by atoms with E-state index in [0.29, 0.717) is 5.69 Å². The van der Waals surface area contributed by atoms with E-state index in [2.05, 4.69) is 15.0 Å². The van der Waals surface area contributed by atoms with Gasteiger partial charge in [-0.15, -0.1) is 0 Å². The summed E-state index contributed by atoms with van der Waals surface area (Å²) in [5.74, 6) is 0. The zero-order chi connectivity index (χ0) is 14.6. The summed E-state index contributed by atoms with van der Waals surface area (Å²) in [6, 6.07) is 11.1. The molecule has 0 saturated heterocycles. The molecule has 2 rings (SSSR count). The number of hydrogen-bond acceptors (Lipinski definition) is 4. The van der Waals surface area contributed by atoms with Gasteiger partial charge in [-0.05, 0) is 42.8 Å². The molecule has 106 valence electrons. The number of benzene rings is 1. The van der Waals surface area contributed by atoms with Gasteiger partial charge in [0, 0.05) is 23.8 Å². The summed E-state index contributed by atoms with van der Waals surface area (Å²) in [7, 11) is -3.23. The van der Waals surface area contributed by atoms with Gasteiger partial charge >= 0.3 is 0 Å². The zero-order valence-electron chi connectivity index (χ0n) is 11.4. The van der Waals surface area contributed by atoms with Crippen LogP contribution in [0.4, 0.5) is 11.4 Å². The first-order chi connectivity index (χ1) is 9.44. The fraction of sp³-hybridized carbons (Fsp3) is 0.214. The fourth-order valence-electron chi connectivity index (χ4n) is 1.81. The number of hydrogen-bond donors (Lipinski definition) is 2. The number of aromatic nitrogens is 1. The second kappa shape index (κ2) is 5.92. The summed E-state index contributed by atoms with van der Waals surface area (Å²) in [6.45, 7) is 2.04. The first kappa shape index (κ1) is 14.3. The van der Waals surface area contributed by atoms with Crippen LogP contribution >= 0.6 is 0 Å². The minimum atomic E-state index is -3.23. The maximum atomic E-state index is 11.1. The van der Waals surface area contributed by atoms with Crippen LogP contribution in [0.2, 0.25) is 0 Å². The minimum absolute atomic E-state index is 0.123. The van der Waals surface area contributed by atoms with E-state index in [-0.39, 0.29) is 6.04 Å². The SMILES string of the molecule is CC(Nc1ccc(NS(C)(=O)=O)cc1)c1cccnc1. The van der Waals surface area contributed by atoms with E-state index in [1.165, 1.54) is 0 Å². The highest BCUT2D eigenvalue weighted by Crippen LogP contribution is 2.20. The standard InChI is InChI=1S/C14H17N3O2S/c1-11(12-4-3-9-15-10-12)16-13-5-7-14(8-6-13)17-20(2,18)19/h3-11,16-17H,1-2H3. The number of nitrogens with zero attached hydrogens (tertiary/aromatic N) is 1. The molecule has 0 amide bonds. The largest absolute Gasteiger partial charge is 0.378 e. The first-order valence-corrected chi connectivity index (χ1v) is 8.07. The smallest absolute Gasteiger partial charge is 0.229 e. The fourth-order valence-corrected chi connectivity index (χ4v) is 2.38. The Morgan fingerprint density at radius 3 is 2.30 bits per heavy atom. The summed E-state index contributed by atoms with van der Waals surface area (Å²) in [5, 5.41) is 3.33. The third-order valence-electron chi connectivity index (χ3n) is 2.76. The lowest BCUT2D eigenvalue weighted by Crippen LogP contribution is -2.10. The number of sulfonamides is 1. The van der Waals surface area contributed by atoms with Gasteiger partial charge in [0.2, 0.25) is 10.0 Å². The van der Waals surface area contributed by atoms with Gasteiger partial charge in [-0.1, -0.05) is 6.07 Å². The van der Waals surface area contributed by atoms with Gasteiger partial charge in [0.15, 0.2) is 0 Å². The molecule has 0 aliphatic carbocycles. The Bertz CT molecular complexity index is 655. The van der Waals surface area contributed by atoms with Crippen LogP contribution in [0.5, 0.6) is 0 Å². The predicted molar refractivity (Wildman–Crippen MR) is 81.2 cm³/mol. The van der Waals surface area contributed by atoms with E-state index >= 15 is 0 Å². The molecule has 1 aromatic heterocycles. The van der Waals surface area contributed by atoms with Gasteiger partial charge in [-0.2, -0.15) is 0 Å². The first-order valence-electron chi connectivity index (χ1n) is 6.18. The summed E-state index contributed by atoms with van der Waals surface area (Å²) in [5.41, 5.74) is 2.55. The molecule has 20 heavy (non-hydrogen) atoms. The third-order valence-corrected chi connectivity index (χ3v) is 3.36. The van der Waals surface area contributed by atoms with Crippen LogP contribution in [0, 0.1) is 0 Å². The Balaban J connectivity index is 2.04. The molecule has 1 heterocycles. The van der Waals surface area contributed by atoms with Crippen LogP contribution in [0.15, 0.2) is 48.8 Å². The average Bonchev–Trinajstić information content (AvgIpc) is 2.40. The number of rotatable bonds is 5. The monoisotopic (exact) mass is 291 g/mol. The van der Waals surface area contributed by atoms with E-state index in [0.717, 1.165) is 17.5 Å². The van der Waals surface area contributed by atoms with Gasteiger partial charge < -0.3 is 5.32 Å². The molecule has 0 spiro atoms. The molecule has 0 bridgehead atoms. The van der Waals surface area contributed by atoms with Crippen LogP contribution in [0.25, 0.3) is 0 Å². The van der Waals surface area contributed by atoms with Crippen molar-refractivity contribution < 1.29 is 8.42 Å². The number of anilines is 2. The molecule has 5 nitrogen and oxygen atoms in total.